The van der Waals surface area contributed by atoms with Gasteiger partial charge in [0.05, 0.1) is 17.3 Å². The molecule has 0 bridgehead atoms. The van der Waals surface area contributed by atoms with Gasteiger partial charge in [0.25, 0.3) is 10.1 Å². The first-order valence-corrected chi connectivity index (χ1v) is 12.0. The fourth-order valence-corrected chi connectivity index (χ4v) is 4.28. The van der Waals surface area contributed by atoms with Gasteiger partial charge in [-0.1, -0.05) is 0 Å². The third-order valence-corrected chi connectivity index (χ3v) is 6.40. The van der Waals surface area contributed by atoms with Gasteiger partial charge in [-0.2, -0.15) is 16.8 Å². The maximum absolute atomic E-state index is 12.2. The van der Waals surface area contributed by atoms with Crippen LogP contribution in [0.4, 0.5) is 11.4 Å². The summed E-state index contributed by atoms with van der Waals surface area (Å²) in [6, 6.07) is 5.67. The molecule has 4 N–H and O–H groups in total. The molecule has 0 amide bonds. The Bertz CT molecular complexity index is 1300. The summed E-state index contributed by atoms with van der Waals surface area (Å²) in [6.07, 6.45) is 0. The molecule has 0 radical (unpaired) electrons. The van der Waals surface area contributed by atoms with Gasteiger partial charge in [-0.15, -0.1) is 10.2 Å². The van der Waals surface area contributed by atoms with Crippen LogP contribution in [0.15, 0.2) is 56.4 Å². The second-order valence-electron chi connectivity index (χ2n) is 5.55. The van der Waals surface area contributed by atoms with Crippen molar-refractivity contribution in [2.24, 2.45) is 10.2 Å². The standard InChI is InChI=1S/C14H14N2O11S3/c17-9-1-3-11(13(18)7-9)15-16-12-4-2-10(8-14(12)29(21,22)23)28(19,20)6-5-27-30(24,25)26/h1-4,7-8,17-18H,5-6H2,(H,21,22,23)(H,24,25,26)/b16-15+. The van der Waals surface area contributed by atoms with Crippen molar-refractivity contribution in [1.29, 1.82) is 0 Å². The summed E-state index contributed by atoms with van der Waals surface area (Å²) in [5.74, 6) is -1.68. The minimum absolute atomic E-state index is 0.159. The average molecular weight is 482 g/mol. The van der Waals surface area contributed by atoms with Crippen molar-refractivity contribution in [3.8, 4) is 11.5 Å². The highest BCUT2D eigenvalue weighted by atomic mass is 32.3. The lowest BCUT2D eigenvalue weighted by molar-refractivity contribution is 0.284. The monoisotopic (exact) mass is 482 g/mol. The van der Waals surface area contributed by atoms with Crippen LogP contribution in [0.2, 0.25) is 0 Å². The van der Waals surface area contributed by atoms with E-state index in [4.69, 9.17) is 4.55 Å². The molecule has 0 atom stereocenters. The molecule has 0 saturated carbocycles. The summed E-state index contributed by atoms with van der Waals surface area (Å²) in [6.45, 7) is -0.941. The first-order valence-electron chi connectivity index (χ1n) is 7.59. The topological polar surface area (TPSA) is 217 Å². The van der Waals surface area contributed by atoms with Gasteiger partial charge in [-0.05, 0) is 30.3 Å². The predicted octanol–water partition coefficient (Wildman–Crippen LogP) is 1.35. The Balaban J connectivity index is 2.41. The predicted molar refractivity (Wildman–Crippen MR) is 99.8 cm³/mol. The number of hydrogen-bond acceptors (Lipinski definition) is 11. The number of sulfone groups is 1. The number of phenolic OH excluding ortho intramolecular Hbond substituents is 2. The van der Waals surface area contributed by atoms with Gasteiger partial charge in [-0.3, -0.25) is 9.11 Å². The van der Waals surface area contributed by atoms with Gasteiger partial charge in [0.15, 0.2) is 9.84 Å². The SMILES string of the molecule is O=S(=O)(O)OCCS(=O)(=O)c1ccc(/N=N/c2ccc(O)cc2O)c(S(=O)(=O)O)c1. The molecule has 2 rings (SSSR count). The van der Waals surface area contributed by atoms with Crippen molar-refractivity contribution in [1.82, 2.24) is 0 Å². The Morgan fingerprint density at radius 1 is 0.833 bits per heavy atom. The molecule has 0 aromatic heterocycles. The smallest absolute Gasteiger partial charge is 0.397 e. The third-order valence-electron chi connectivity index (χ3n) is 3.38. The molecule has 13 nitrogen and oxygen atoms in total. The van der Waals surface area contributed by atoms with Gasteiger partial charge in [0.2, 0.25) is 0 Å². The highest BCUT2D eigenvalue weighted by Crippen LogP contribution is 2.33. The molecule has 16 heteroatoms. The first-order chi connectivity index (χ1) is 13.7. The zero-order valence-electron chi connectivity index (χ0n) is 14.6. The van der Waals surface area contributed by atoms with E-state index < -0.39 is 63.9 Å². The highest BCUT2D eigenvalue weighted by Gasteiger charge is 2.23. The number of aromatic hydroxyl groups is 2. The fourth-order valence-electron chi connectivity index (χ4n) is 2.05. The summed E-state index contributed by atoms with van der Waals surface area (Å²) in [5, 5.41) is 26.0. The van der Waals surface area contributed by atoms with Crippen LogP contribution < -0.4 is 0 Å². The van der Waals surface area contributed by atoms with E-state index in [0.29, 0.717) is 6.07 Å². The van der Waals surface area contributed by atoms with Crippen molar-refractivity contribution in [2.45, 2.75) is 9.79 Å². The second kappa shape index (κ2) is 8.62. The first kappa shape index (κ1) is 23.6. The largest absolute Gasteiger partial charge is 0.508 e. The number of hydrogen-bond donors (Lipinski definition) is 4. The Kier molecular flexibility index (Phi) is 6.80. The lowest BCUT2D eigenvalue weighted by Gasteiger charge is -2.07. The Morgan fingerprint density at radius 3 is 2.00 bits per heavy atom. The maximum atomic E-state index is 12.2. The van der Waals surface area contributed by atoms with Gasteiger partial charge in [0, 0.05) is 6.07 Å². The molecule has 2 aromatic rings. The molecule has 0 saturated heterocycles. The van der Waals surface area contributed by atoms with E-state index in [1.807, 2.05) is 0 Å². The van der Waals surface area contributed by atoms with Crippen LogP contribution in [-0.2, 0) is 34.5 Å². The van der Waals surface area contributed by atoms with Crippen molar-refractivity contribution in [2.75, 3.05) is 12.4 Å². The van der Waals surface area contributed by atoms with Gasteiger partial charge < -0.3 is 10.2 Å². The summed E-state index contributed by atoms with van der Waals surface area (Å²) in [7, 11) is -14.1. The Morgan fingerprint density at radius 2 is 1.43 bits per heavy atom. The minimum Gasteiger partial charge on any atom is -0.508 e. The highest BCUT2D eigenvalue weighted by molar-refractivity contribution is 7.91. The molecule has 2 aromatic carbocycles. The van der Waals surface area contributed by atoms with Crippen molar-refractivity contribution < 1.29 is 48.8 Å². The molecular weight excluding hydrogens is 468 g/mol. The number of rotatable bonds is 8. The van der Waals surface area contributed by atoms with Crippen LogP contribution in [-0.4, -0.2) is 56.9 Å². The van der Waals surface area contributed by atoms with Crippen molar-refractivity contribution in [3.63, 3.8) is 0 Å². The van der Waals surface area contributed by atoms with Crippen molar-refractivity contribution >= 4 is 41.7 Å². The summed E-state index contributed by atoms with van der Waals surface area (Å²) >= 11 is 0. The van der Waals surface area contributed by atoms with Crippen LogP contribution in [0.25, 0.3) is 0 Å². The fraction of sp³-hybridized carbons (Fsp3) is 0.143. The van der Waals surface area contributed by atoms with E-state index >= 15 is 0 Å². The number of benzene rings is 2. The van der Waals surface area contributed by atoms with Crippen LogP contribution >= 0.6 is 0 Å². The van der Waals surface area contributed by atoms with E-state index in [1.54, 1.807) is 0 Å². The normalized spacial score (nSPS) is 13.0. The second-order valence-corrected chi connectivity index (χ2v) is 10.1. The summed E-state index contributed by atoms with van der Waals surface area (Å²) in [5.41, 5.74) is -0.633. The molecule has 0 aliphatic heterocycles. The molecule has 164 valence electrons. The van der Waals surface area contributed by atoms with Gasteiger partial charge in [-0.25, -0.2) is 12.6 Å². The summed E-state index contributed by atoms with van der Waals surface area (Å²) < 4.78 is 90.5. The van der Waals surface area contributed by atoms with Crippen molar-refractivity contribution in [3.05, 3.63) is 36.4 Å². The maximum Gasteiger partial charge on any atom is 0.397 e. The third kappa shape index (κ3) is 6.44. The quantitative estimate of drug-likeness (QED) is 0.311. The number of nitrogens with zero attached hydrogens (tertiary/aromatic N) is 2. The molecule has 0 fully saturated rings. The molecule has 0 spiro atoms. The van der Waals surface area contributed by atoms with Crippen LogP contribution in [0, 0.1) is 0 Å². The molecule has 0 heterocycles. The minimum atomic E-state index is -4.97. The van der Waals surface area contributed by atoms with Gasteiger partial charge in [0.1, 0.15) is 27.8 Å². The molecular formula is C14H14N2O11S3. The molecule has 0 aliphatic rings. The summed E-state index contributed by atoms with van der Waals surface area (Å²) in [4.78, 5) is -1.54. The molecule has 0 aliphatic carbocycles. The number of phenols is 2. The van der Waals surface area contributed by atoms with Crippen LogP contribution in [0.5, 0.6) is 11.5 Å². The Labute approximate surface area is 170 Å². The lowest BCUT2D eigenvalue weighted by Crippen LogP contribution is -2.16. The van der Waals surface area contributed by atoms with Crippen LogP contribution in [0.3, 0.4) is 0 Å². The van der Waals surface area contributed by atoms with E-state index in [0.717, 1.165) is 24.3 Å². The van der Waals surface area contributed by atoms with E-state index in [2.05, 4.69) is 14.4 Å². The zero-order valence-corrected chi connectivity index (χ0v) is 17.1. The van der Waals surface area contributed by atoms with E-state index in [-0.39, 0.29) is 11.4 Å². The lowest BCUT2D eigenvalue weighted by atomic mass is 10.3. The van der Waals surface area contributed by atoms with Gasteiger partial charge >= 0.3 is 10.4 Å². The Hall–Kier alpha value is -2.63. The molecule has 30 heavy (non-hydrogen) atoms. The van der Waals surface area contributed by atoms with E-state index in [1.165, 1.54) is 6.07 Å². The van der Waals surface area contributed by atoms with E-state index in [9.17, 15) is 40.0 Å². The van der Waals surface area contributed by atoms with Crippen LogP contribution in [0.1, 0.15) is 0 Å². The molecule has 0 unspecified atom stereocenters. The zero-order chi connectivity index (χ0) is 22.7. The number of azo groups is 1. The average Bonchev–Trinajstić information content (AvgIpc) is 2.58.